The van der Waals surface area contributed by atoms with E-state index in [9.17, 15) is 4.79 Å². The molecule has 134 valence electrons. The standard InChI is InChI=1S/C20H22N4OS/c25-20(16-5-7-17(8-6-16)24-12-9-21-15-24)22-14-18(19-4-3-13-26-19)23-10-1-2-11-23/h3-9,12-13,15,18H,1-2,10-11,14H2,(H,22,25). The van der Waals surface area contributed by atoms with Crippen molar-refractivity contribution in [2.45, 2.75) is 18.9 Å². The number of rotatable bonds is 6. The maximum absolute atomic E-state index is 12.6. The van der Waals surface area contributed by atoms with Crippen LogP contribution in [0.3, 0.4) is 0 Å². The highest BCUT2D eigenvalue weighted by Gasteiger charge is 2.24. The van der Waals surface area contributed by atoms with Gasteiger partial charge in [0.05, 0.1) is 12.4 Å². The van der Waals surface area contributed by atoms with Gasteiger partial charge in [0.2, 0.25) is 0 Å². The summed E-state index contributed by atoms with van der Waals surface area (Å²) in [5, 5.41) is 5.23. The monoisotopic (exact) mass is 366 g/mol. The minimum Gasteiger partial charge on any atom is -0.350 e. The number of hydrogen-bond donors (Lipinski definition) is 1. The van der Waals surface area contributed by atoms with E-state index in [4.69, 9.17) is 0 Å². The van der Waals surface area contributed by atoms with E-state index >= 15 is 0 Å². The molecular weight excluding hydrogens is 344 g/mol. The summed E-state index contributed by atoms with van der Waals surface area (Å²) in [7, 11) is 0. The predicted octanol–water partition coefficient (Wildman–Crippen LogP) is 3.50. The number of thiophene rings is 1. The molecule has 1 aliphatic heterocycles. The van der Waals surface area contributed by atoms with Gasteiger partial charge in [-0.1, -0.05) is 6.07 Å². The predicted molar refractivity (Wildman–Crippen MR) is 104 cm³/mol. The van der Waals surface area contributed by atoms with Crippen LogP contribution in [0.15, 0.2) is 60.5 Å². The Morgan fingerprint density at radius 1 is 1.19 bits per heavy atom. The molecule has 1 aromatic carbocycles. The van der Waals surface area contributed by atoms with E-state index in [1.807, 2.05) is 35.0 Å². The van der Waals surface area contributed by atoms with Crippen LogP contribution in [0.1, 0.15) is 34.1 Å². The molecule has 1 amide bonds. The molecule has 0 spiro atoms. The number of carbonyl (C=O) groups is 1. The SMILES string of the molecule is O=C(NCC(c1cccs1)N1CCCC1)c1ccc(-n2ccnc2)cc1. The smallest absolute Gasteiger partial charge is 0.251 e. The van der Waals surface area contributed by atoms with Gasteiger partial charge in [0.1, 0.15) is 0 Å². The first-order chi connectivity index (χ1) is 12.8. The van der Waals surface area contributed by atoms with Gasteiger partial charge in [0.25, 0.3) is 5.91 Å². The molecule has 1 aliphatic rings. The minimum atomic E-state index is -0.0251. The van der Waals surface area contributed by atoms with Crippen LogP contribution in [0.2, 0.25) is 0 Å². The van der Waals surface area contributed by atoms with Crippen molar-refractivity contribution >= 4 is 17.2 Å². The first kappa shape index (κ1) is 17.0. The van der Waals surface area contributed by atoms with Crippen molar-refractivity contribution in [3.8, 4) is 5.69 Å². The molecule has 1 fully saturated rings. The highest BCUT2D eigenvalue weighted by molar-refractivity contribution is 7.10. The first-order valence-corrected chi connectivity index (χ1v) is 9.83. The maximum Gasteiger partial charge on any atom is 0.251 e. The number of carbonyl (C=O) groups excluding carboxylic acids is 1. The lowest BCUT2D eigenvalue weighted by Crippen LogP contribution is -2.36. The molecule has 1 unspecified atom stereocenters. The summed E-state index contributed by atoms with van der Waals surface area (Å²) in [6, 6.07) is 12.1. The van der Waals surface area contributed by atoms with E-state index in [0.29, 0.717) is 12.1 Å². The molecule has 0 aliphatic carbocycles. The Balaban J connectivity index is 1.42. The summed E-state index contributed by atoms with van der Waals surface area (Å²) in [6.07, 6.45) is 7.86. The van der Waals surface area contributed by atoms with Crippen molar-refractivity contribution in [1.82, 2.24) is 19.8 Å². The van der Waals surface area contributed by atoms with E-state index in [1.165, 1.54) is 17.7 Å². The third-order valence-electron chi connectivity index (χ3n) is 4.84. The van der Waals surface area contributed by atoms with Gasteiger partial charge in [-0.05, 0) is 61.6 Å². The molecule has 3 aromatic rings. The van der Waals surface area contributed by atoms with E-state index in [0.717, 1.165) is 18.8 Å². The molecule has 1 N–H and O–H groups in total. The van der Waals surface area contributed by atoms with Crippen molar-refractivity contribution in [3.05, 3.63) is 70.9 Å². The van der Waals surface area contributed by atoms with Crippen molar-refractivity contribution < 1.29 is 4.79 Å². The van der Waals surface area contributed by atoms with Crippen LogP contribution in [0.5, 0.6) is 0 Å². The fraction of sp³-hybridized carbons (Fsp3) is 0.300. The first-order valence-electron chi connectivity index (χ1n) is 8.95. The number of benzene rings is 1. The number of aromatic nitrogens is 2. The van der Waals surface area contributed by atoms with Crippen LogP contribution in [0.4, 0.5) is 0 Å². The zero-order chi connectivity index (χ0) is 17.8. The molecule has 3 heterocycles. The normalized spacial score (nSPS) is 15.8. The van der Waals surface area contributed by atoms with Gasteiger partial charge < -0.3 is 9.88 Å². The van der Waals surface area contributed by atoms with Gasteiger partial charge in [-0.25, -0.2) is 4.98 Å². The fourth-order valence-electron chi connectivity index (χ4n) is 3.43. The molecular formula is C20H22N4OS. The molecule has 2 aromatic heterocycles. The zero-order valence-electron chi connectivity index (χ0n) is 14.5. The summed E-state index contributed by atoms with van der Waals surface area (Å²) in [5.41, 5.74) is 1.67. The molecule has 26 heavy (non-hydrogen) atoms. The lowest BCUT2D eigenvalue weighted by molar-refractivity contribution is 0.0938. The lowest BCUT2D eigenvalue weighted by Gasteiger charge is -2.27. The summed E-state index contributed by atoms with van der Waals surface area (Å²) < 4.78 is 1.92. The van der Waals surface area contributed by atoms with Gasteiger partial charge in [-0.2, -0.15) is 0 Å². The Bertz CT molecular complexity index is 821. The topological polar surface area (TPSA) is 50.2 Å². The minimum absolute atomic E-state index is 0.0251. The lowest BCUT2D eigenvalue weighted by atomic mass is 10.1. The molecule has 4 rings (SSSR count). The Kier molecular flexibility index (Phi) is 5.13. The summed E-state index contributed by atoms with van der Waals surface area (Å²) >= 11 is 1.76. The third-order valence-corrected chi connectivity index (χ3v) is 5.81. The average Bonchev–Trinajstić information content (AvgIpc) is 3.45. The summed E-state index contributed by atoms with van der Waals surface area (Å²) in [4.78, 5) is 20.4. The van der Waals surface area contributed by atoms with Gasteiger partial charge >= 0.3 is 0 Å². The van der Waals surface area contributed by atoms with Crippen LogP contribution in [0, 0.1) is 0 Å². The fourth-order valence-corrected chi connectivity index (χ4v) is 4.29. The van der Waals surface area contributed by atoms with Gasteiger partial charge in [-0.3, -0.25) is 9.69 Å². The molecule has 1 atom stereocenters. The van der Waals surface area contributed by atoms with E-state index in [2.05, 4.69) is 32.7 Å². The van der Waals surface area contributed by atoms with Crippen molar-refractivity contribution in [1.29, 1.82) is 0 Å². The molecule has 0 bridgehead atoms. The molecule has 5 nitrogen and oxygen atoms in total. The van der Waals surface area contributed by atoms with Crippen LogP contribution in [-0.2, 0) is 0 Å². The highest BCUT2D eigenvalue weighted by Crippen LogP contribution is 2.27. The second-order valence-corrected chi connectivity index (χ2v) is 7.48. The van der Waals surface area contributed by atoms with Gasteiger partial charge in [0, 0.05) is 35.1 Å². The van der Waals surface area contributed by atoms with E-state index < -0.39 is 0 Å². The van der Waals surface area contributed by atoms with Crippen LogP contribution in [0.25, 0.3) is 5.69 Å². The Morgan fingerprint density at radius 3 is 2.65 bits per heavy atom. The average molecular weight is 366 g/mol. The largest absolute Gasteiger partial charge is 0.350 e. The third kappa shape index (κ3) is 3.71. The quantitative estimate of drug-likeness (QED) is 0.726. The summed E-state index contributed by atoms with van der Waals surface area (Å²) in [6.45, 7) is 2.86. The number of hydrogen-bond acceptors (Lipinski definition) is 4. The van der Waals surface area contributed by atoms with Crippen molar-refractivity contribution in [3.63, 3.8) is 0 Å². The Hall–Kier alpha value is -2.44. The molecule has 0 saturated carbocycles. The molecule has 0 radical (unpaired) electrons. The zero-order valence-corrected chi connectivity index (χ0v) is 15.4. The van der Waals surface area contributed by atoms with Gasteiger partial charge in [-0.15, -0.1) is 11.3 Å². The number of nitrogens with one attached hydrogen (secondary N) is 1. The van der Waals surface area contributed by atoms with Crippen LogP contribution < -0.4 is 5.32 Å². The number of imidazole rings is 1. The van der Waals surface area contributed by atoms with Crippen LogP contribution in [-0.4, -0.2) is 40.0 Å². The Labute approximate surface area is 157 Å². The van der Waals surface area contributed by atoms with Gasteiger partial charge in [0.15, 0.2) is 0 Å². The van der Waals surface area contributed by atoms with Crippen molar-refractivity contribution in [2.75, 3.05) is 19.6 Å². The number of amides is 1. The second-order valence-electron chi connectivity index (χ2n) is 6.50. The van der Waals surface area contributed by atoms with Crippen LogP contribution >= 0.6 is 11.3 Å². The molecule has 6 heteroatoms. The highest BCUT2D eigenvalue weighted by atomic mass is 32.1. The number of likely N-dealkylation sites (tertiary alicyclic amines) is 1. The molecule has 1 saturated heterocycles. The second kappa shape index (κ2) is 7.85. The van der Waals surface area contributed by atoms with Crippen molar-refractivity contribution in [2.24, 2.45) is 0 Å². The number of nitrogens with zero attached hydrogens (tertiary/aromatic N) is 3. The van der Waals surface area contributed by atoms with E-state index in [-0.39, 0.29) is 11.9 Å². The summed E-state index contributed by atoms with van der Waals surface area (Å²) in [5.74, 6) is -0.0251. The Morgan fingerprint density at radius 2 is 2.00 bits per heavy atom. The maximum atomic E-state index is 12.6. The van der Waals surface area contributed by atoms with E-state index in [1.54, 1.807) is 23.9 Å².